The summed E-state index contributed by atoms with van der Waals surface area (Å²) < 4.78 is 16.3. The fourth-order valence-electron chi connectivity index (χ4n) is 4.39. The topological polar surface area (TPSA) is 71.6 Å². The van der Waals surface area contributed by atoms with E-state index >= 15 is 0 Å². The third kappa shape index (κ3) is 4.02. The predicted octanol–water partition coefficient (Wildman–Crippen LogP) is 2.63. The van der Waals surface area contributed by atoms with Crippen LogP contribution in [0, 0.1) is 0 Å². The molecule has 2 aromatic rings. The maximum absolute atomic E-state index is 13.8. The molecule has 174 valence electrons. The van der Waals surface area contributed by atoms with Crippen LogP contribution in [0.2, 0.25) is 0 Å². The van der Waals surface area contributed by atoms with E-state index in [1.165, 1.54) is 12.0 Å². The predicted molar refractivity (Wildman–Crippen MR) is 126 cm³/mol. The molecule has 8 nitrogen and oxygen atoms in total. The van der Waals surface area contributed by atoms with Crippen molar-refractivity contribution in [2.24, 2.45) is 0 Å². The zero-order valence-electron chi connectivity index (χ0n) is 19.5. The second kappa shape index (κ2) is 9.54. The highest BCUT2D eigenvalue weighted by Gasteiger charge is 2.44. The molecule has 0 saturated carbocycles. The van der Waals surface area contributed by atoms with Crippen LogP contribution in [0.25, 0.3) is 5.57 Å². The Morgan fingerprint density at radius 1 is 0.788 bits per heavy atom. The SMILES string of the molecule is CCN1CCN(C2=C(c3ccccc3OC)C(=O)N(c3ccc(OC)c(OC)c3)C2=O)CC1. The summed E-state index contributed by atoms with van der Waals surface area (Å²) in [7, 11) is 4.62. The monoisotopic (exact) mass is 451 g/mol. The molecule has 2 aliphatic rings. The first-order chi connectivity index (χ1) is 16.0. The number of hydrogen-bond acceptors (Lipinski definition) is 7. The standard InChI is InChI=1S/C25H29N3O5/c1-5-26-12-14-27(15-13-26)23-22(18-8-6-7-9-19(18)31-2)24(29)28(25(23)30)17-10-11-20(32-3)21(16-17)33-4/h6-11,16H,5,12-15H2,1-4H3. The van der Waals surface area contributed by atoms with Crippen molar-refractivity contribution in [1.29, 1.82) is 0 Å². The van der Waals surface area contributed by atoms with Crippen molar-refractivity contribution in [3.05, 3.63) is 53.7 Å². The Morgan fingerprint density at radius 2 is 1.45 bits per heavy atom. The molecule has 0 radical (unpaired) electrons. The number of methoxy groups -OCH3 is 3. The van der Waals surface area contributed by atoms with E-state index in [2.05, 4.69) is 11.8 Å². The molecule has 1 saturated heterocycles. The third-order valence-electron chi connectivity index (χ3n) is 6.20. The van der Waals surface area contributed by atoms with E-state index in [1.54, 1.807) is 38.5 Å². The maximum atomic E-state index is 13.8. The van der Waals surface area contributed by atoms with Crippen molar-refractivity contribution >= 4 is 23.1 Å². The van der Waals surface area contributed by atoms with E-state index < -0.39 is 0 Å². The number of para-hydroxylation sites is 1. The summed E-state index contributed by atoms with van der Waals surface area (Å²) in [5.41, 5.74) is 1.80. The van der Waals surface area contributed by atoms with E-state index in [1.807, 2.05) is 23.1 Å². The normalized spacial score (nSPS) is 17.1. The van der Waals surface area contributed by atoms with Crippen LogP contribution >= 0.6 is 0 Å². The van der Waals surface area contributed by atoms with Crippen LogP contribution in [0.3, 0.4) is 0 Å². The summed E-state index contributed by atoms with van der Waals surface area (Å²) >= 11 is 0. The van der Waals surface area contributed by atoms with Gasteiger partial charge in [0, 0.05) is 37.8 Å². The summed E-state index contributed by atoms with van der Waals surface area (Å²) in [4.78, 5) is 33.1. The van der Waals surface area contributed by atoms with Crippen LogP contribution < -0.4 is 19.1 Å². The Balaban J connectivity index is 1.81. The first kappa shape index (κ1) is 22.7. The van der Waals surface area contributed by atoms with Gasteiger partial charge in [-0.1, -0.05) is 25.1 Å². The average molecular weight is 452 g/mol. The molecule has 0 aromatic heterocycles. The van der Waals surface area contributed by atoms with Crippen molar-refractivity contribution in [2.75, 3.05) is 59.0 Å². The zero-order valence-corrected chi connectivity index (χ0v) is 19.5. The van der Waals surface area contributed by atoms with Gasteiger partial charge < -0.3 is 24.0 Å². The molecule has 1 fully saturated rings. The second-order valence-electron chi connectivity index (χ2n) is 7.83. The van der Waals surface area contributed by atoms with Gasteiger partial charge in [0.1, 0.15) is 11.4 Å². The van der Waals surface area contributed by atoms with Gasteiger partial charge in [0.05, 0.1) is 32.6 Å². The van der Waals surface area contributed by atoms with Gasteiger partial charge in [-0.2, -0.15) is 0 Å². The van der Waals surface area contributed by atoms with Crippen LogP contribution in [0.15, 0.2) is 48.2 Å². The van der Waals surface area contributed by atoms with Gasteiger partial charge in [0.15, 0.2) is 11.5 Å². The minimum atomic E-state index is -0.385. The Kier molecular flexibility index (Phi) is 6.55. The van der Waals surface area contributed by atoms with Crippen LogP contribution in [-0.4, -0.2) is 75.7 Å². The number of carbonyl (C=O) groups is 2. The fraction of sp³-hybridized carbons (Fsp3) is 0.360. The zero-order chi connectivity index (χ0) is 23.5. The van der Waals surface area contributed by atoms with Gasteiger partial charge >= 0.3 is 0 Å². The number of ether oxygens (including phenoxy) is 3. The largest absolute Gasteiger partial charge is 0.496 e. The van der Waals surface area contributed by atoms with E-state index in [0.717, 1.165) is 19.6 Å². The Hall–Kier alpha value is -3.52. The average Bonchev–Trinajstić information content (AvgIpc) is 3.13. The highest BCUT2D eigenvalue weighted by atomic mass is 16.5. The lowest BCUT2D eigenvalue weighted by Gasteiger charge is -2.36. The number of carbonyl (C=O) groups excluding carboxylic acids is 2. The number of benzene rings is 2. The number of imide groups is 1. The summed E-state index contributed by atoms with van der Waals surface area (Å²) in [5.74, 6) is 0.781. The molecule has 0 unspecified atom stereocenters. The fourth-order valence-corrected chi connectivity index (χ4v) is 4.39. The molecule has 8 heteroatoms. The molecule has 0 atom stereocenters. The van der Waals surface area contributed by atoms with Crippen molar-refractivity contribution in [2.45, 2.75) is 6.92 Å². The molecular weight excluding hydrogens is 422 g/mol. The molecule has 4 rings (SSSR count). The minimum absolute atomic E-state index is 0.349. The molecule has 33 heavy (non-hydrogen) atoms. The maximum Gasteiger partial charge on any atom is 0.282 e. The smallest absolute Gasteiger partial charge is 0.282 e. The second-order valence-corrected chi connectivity index (χ2v) is 7.83. The lowest BCUT2D eigenvalue weighted by molar-refractivity contribution is -0.120. The quantitative estimate of drug-likeness (QED) is 0.600. The van der Waals surface area contributed by atoms with E-state index in [4.69, 9.17) is 14.2 Å². The molecule has 2 aromatic carbocycles. The van der Waals surface area contributed by atoms with Crippen molar-refractivity contribution < 1.29 is 23.8 Å². The summed E-state index contributed by atoms with van der Waals surface area (Å²) in [5, 5.41) is 0. The number of nitrogens with zero attached hydrogens (tertiary/aromatic N) is 3. The van der Waals surface area contributed by atoms with Crippen LogP contribution in [0.4, 0.5) is 5.69 Å². The van der Waals surface area contributed by atoms with Gasteiger partial charge in [-0.25, -0.2) is 4.90 Å². The molecule has 0 aliphatic carbocycles. The van der Waals surface area contributed by atoms with Gasteiger partial charge in [-0.3, -0.25) is 9.59 Å². The van der Waals surface area contributed by atoms with Crippen molar-refractivity contribution in [3.63, 3.8) is 0 Å². The number of rotatable bonds is 7. The molecule has 0 bridgehead atoms. The van der Waals surface area contributed by atoms with E-state index in [0.29, 0.717) is 52.9 Å². The Labute approximate surface area is 193 Å². The molecule has 2 heterocycles. The highest BCUT2D eigenvalue weighted by molar-refractivity contribution is 6.45. The van der Waals surface area contributed by atoms with Crippen LogP contribution in [0.1, 0.15) is 12.5 Å². The number of anilines is 1. The van der Waals surface area contributed by atoms with Crippen LogP contribution in [0.5, 0.6) is 17.2 Å². The summed E-state index contributed by atoms with van der Waals surface area (Å²) in [6, 6.07) is 12.3. The van der Waals surface area contributed by atoms with Crippen molar-refractivity contribution in [1.82, 2.24) is 9.80 Å². The first-order valence-electron chi connectivity index (χ1n) is 11.0. The number of amides is 2. The van der Waals surface area contributed by atoms with E-state index in [-0.39, 0.29) is 11.8 Å². The van der Waals surface area contributed by atoms with Crippen molar-refractivity contribution in [3.8, 4) is 17.2 Å². The first-order valence-corrected chi connectivity index (χ1v) is 11.0. The third-order valence-corrected chi connectivity index (χ3v) is 6.20. The Morgan fingerprint density at radius 3 is 2.09 bits per heavy atom. The van der Waals surface area contributed by atoms with E-state index in [9.17, 15) is 9.59 Å². The van der Waals surface area contributed by atoms with Gasteiger partial charge in [0.2, 0.25) is 0 Å². The summed E-state index contributed by atoms with van der Waals surface area (Å²) in [6.45, 7) is 6.07. The molecule has 2 amide bonds. The lowest BCUT2D eigenvalue weighted by atomic mass is 10.0. The summed E-state index contributed by atoms with van der Waals surface area (Å²) in [6.07, 6.45) is 0. The van der Waals surface area contributed by atoms with Gasteiger partial charge in [-0.15, -0.1) is 0 Å². The highest BCUT2D eigenvalue weighted by Crippen LogP contribution is 2.40. The molecule has 0 spiro atoms. The molecular formula is C25H29N3O5. The minimum Gasteiger partial charge on any atom is -0.496 e. The Bertz CT molecular complexity index is 1090. The lowest BCUT2D eigenvalue weighted by Crippen LogP contribution is -2.47. The van der Waals surface area contributed by atoms with Gasteiger partial charge in [0.25, 0.3) is 11.8 Å². The number of likely N-dealkylation sites (N-methyl/N-ethyl adjacent to an activating group) is 1. The van der Waals surface area contributed by atoms with Gasteiger partial charge in [-0.05, 0) is 24.7 Å². The molecule has 2 aliphatic heterocycles. The number of hydrogen-bond donors (Lipinski definition) is 0. The number of piperazine rings is 1. The van der Waals surface area contributed by atoms with Crippen LogP contribution in [-0.2, 0) is 9.59 Å². The molecule has 0 N–H and O–H groups in total.